The fourth-order valence-electron chi connectivity index (χ4n) is 3.26. The predicted octanol–water partition coefficient (Wildman–Crippen LogP) is 10.8. The van der Waals surface area contributed by atoms with Gasteiger partial charge < -0.3 is 5.11 Å². The number of hydrogen-bond donors (Lipinski definition) is 1. The summed E-state index contributed by atoms with van der Waals surface area (Å²) in [6, 6.07) is 17.7. The molecule has 1 nitrogen and oxygen atoms in total. The van der Waals surface area contributed by atoms with E-state index >= 15 is 0 Å². The third-order valence-corrected chi connectivity index (χ3v) is 6.84. The lowest BCUT2D eigenvalue weighted by Gasteiger charge is -2.26. The molecule has 35 heavy (non-hydrogen) atoms. The number of aryl methyl sites for hydroxylation is 2. The molecule has 2 aromatic carbocycles. The molecule has 0 bridgehead atoms. The van der Waals surface area contributed by atoms with Crippen LogP contribution in [0.25, 0.3) is 0 Å². The van der Waals surface area contributed by atoms with Gasteiger partial charge in [0.05, 0.1) is 0 Å². The molecule has 0 saturated heterocycles. The standard InChI is InChI=1S/C17H20.C7H16O.C7H16.C3H8/c1-13-5-9-15(10-6-13)17(3,4)16-11-7-14(2)8-12-16;1-4-7(3,5-2)6-8;1-3-5-7-6-4-2;1-3-2/h5-12H,1-4H3;8H,4-6H2,1-3H3;3-7H2,1-2H3;3H2,1-2H3. The number of aliphatic hydroxyl groups excluding tert-OH is 1. The lowest BCUT2D eigenvalue weighted by molar-refractivity contribution is 0.133. The molecule has 0 aliphatic carbocycles. The van der Waals surface area contributed by atoms with E-state index in [0.29, 0.717) is 6.61 Å². The highest BCUT2D eigenvalue weighted by Crippen LogP contribution is 2.31. The number of hydrogen-bond acceptors (Lipinski definition) is 1. The van der Waals surface area contributed by atoms with Crippen LogP contribution in [0.1, 0.15) is 136 Å². The van der Waals surface area contributed by atoms with Gasteiger partial charge in [0.25, 0.3) is 0 Å². The Morgan fingerprint density at radius 1 is 0.571 bits per heavy atom. The minimum atomic E-state index is 0.0708. The van der Waals surface area contributed by atoms with Crippen molar-refractivity contribution in [1.29, 1.82) is 0 Å². The lowest BCUT2D eigenvalue weighted by Crippen LogP contribution is -2.18. The van der Waals surface area contributed by atoms with E-state index in [1.807, 2.05) is 0 Å². The Labute approximate surface area is 220 Å². The van der Waals surface area contributed by atoms with Crippen molar-refractivity contribution in [3.63, 3.8) is 0 Å². The van der Waals surface area contributed by atoms with E-state index in [-0.39, 0.29) is 10.8 Å². The molecule has 0 aliphatic heterocycles. The molecule has 0 radical (unpaired) electrons. The molecule has 0 unspecified atom stereocenters. The summed E-state index contributed by atoms with van der Waals surface area (Å²) in [5, 5.41) is 8.79. The smallest absolute Gasteiger partial charge is 0.0484 e. The second-order valence-corrected chi connectivity index (χ2v) is 10.8. The fourth-order valence-corrected chi connectivity index (χ4v) is 3.26. The number of unbranched alkanes of at least 4 members (excludes halogenated alkanes) is 4. The summed E-state index contributed by atoms with van der Waals surface area (Å²) in [6.45, 7) is 24.2. The zero-order valence-electron chi connectivity index (χ0n) is 25.4. The molecule has 0 spiro atoms. The van der Waals surface area contributed by atoms with Crippen molar-refractivity contribution < 1.29 is 5.11 Å². The highest BCUT2D eigenvalue weighted by Gasteiger charge is 2.22. The van der Waals surface area contributed by atoms with Crippen LogP contribution >= 0.6 is 0 Å². The molecular formula is C34H60O. The van der Waals surface area contributed by atoms with Gasteiger partial charge in [-0.1, -0.05) is 160 Å². The van der Waals surface area contributed by atoms with Crippen molar-refractivity contribution in [2.75, 3.05) is 6.61 Å². The molecule has 202 valence electrons. The second-order valence-electron chi connectivity index (χ2n) is 10.8. The van der Waals surface area contributed by atoms with Crippen molar-refractivity contribution in [1.82, 2.24) is 0 Å². The SMILES string of the molecule is CCC.CCC(C)(CC)CO.CCCCCCC.Cc1ccc(C(C)(C)c2ccc(C)cc2)cc1. The minimum absolute atomic E-state index is 0.0708. The van der Waals surface area contributed by atoms with Gasteiger partial charge in [-0.25, -0.2) is 0 Å². The van der Waals surface area contributed by atoms with Crippen LogP contribution in [0.2, 0.25) is 0 Å². The summed E-state index contributed by atoms with van der Waals surface area (Å²) in [5.74, 6) is 0. The van der Waals surface area contributed by atoms with Crippen molar-refractivity contribution >= 4 is 0 Å². The van der Waals surface area contributed by atoms with Crippen LogP contribution in [-0.2, 0) is 5.41 Å². The van der Waals surface area contributed by atoms with Crippen LogP contribution in [-0.4, -0.2) is 11.7 Å². The second kappa shape index (κ2) is 20.6. The van der Waals surface area contributed by atoms with E-state index in [0.717, 1.165) is 12.8 Å². The van der Waals surface area contributed by atoms with E-state index in [1.165, 1.54) is 60.8 Å². The normalized spacial score (nSPS) is 10.7. The minimum Gasteiger partial charge on any atom is -0.396 e. The maximum atomic E-state index is 8.79. The van der Waals surface area contributed by atoms with E-state index < -0.39 is 0 Å². The number of rotatable bonds is 9. The Bertz CT molecular complexity index is 645. The maximum Gasteiger partial charge on any atom is 0.0484 e. The Balaban J connectivity index is 0. The maximum absolute atomic E-state index is 8.79. The van der Waals surface area contributed by atoms with E-state index in [9.17, 15) is 0 Å². The third kappa shape index (κ3) is 15.9. The summed E-state index contributed by atoms with van der Waals surface area (Å²) < 4.78 is 0. The van der Waals surface area contributed by atoms with Gasteiger partial charge in [-0.2, -0.15) is 0 Å². The number of benzene rings is 2. The summed E-state index contributed by atoms with van der Waals surface area (Å²) in [5.41, 5.74) is 5.61. The van der Waals surface area contributed by atoms with Crippen molar-refractivity contribution in [3.8, 4) is 0 Å². The van der Waals surface area contributed by atoms with Crippen LogP contribution in [0, 0.1) is 19.3 Å². The van der Waals surface area contributed by atoms with Gasteiger partial charge in [0.1, 0.15) is 0 Å². The molecule has 0 atom stereocenters. The lowest BCUT2D eigenvalue weighted by atomic mass is 9.78. The van der Waals surface area contributed by atoms with Gasteiger partial charge in [0.2, 0.25) is 0 Å². The Hall–Kier alpha value is -1.60. The Morgan fingerprint density at radius 2 is 0.886 bits per heavy atom. The third-order valence-electron chi connectivity index (χ3n) is 6.84. The molecule has 0 saturated carbocycles. The summed E-state index contributed by atoms with van der Waals surface area (Å²) in [6.07, 6.45) is 10.4. The molecule has 0 aliphatic rings. The van der Waals surface area contributed by atoms with Gasteiger partial charge in [0, 0.05) is 12.0 Å². The first kappa shape index (κ1) is 35.6. The van der Waals surface area contributed by atoms with Gasteiger partial charge in [-0.05, 0) is 43.2 Å². The Morgan fingerprint density at radius 3 is 1.09 bits per heavy atom. The highest BCUT2D eigenvalue weighted by molar-refractivity contribution is 5.39. The van der Waals surface area contributed by atoms with Crippen LogP contribution in [0.4, 0.5) is 0 Å². The van der Waals surface area contributed by atoms with E-state index in [1.54, 1.807) is 0 Å². The molecule has 0 aromatic heterocycles. The monoisotopic (exact) mass is 484 g/mol. The van der Waals surface area contributed by atoms with Gasteiger partial charge in [-0.15, -0.1) is 0 Å². The molecule has 1 heteroatoms. The quantitative estimate of drug-likeness (QED) is 0.351. The average molecular weight is 485 g/mol. The average Bonchev–Trinajstić information content (AvgIpc) is 2.86. The molecule has 2 aromatic rings. The summed E-state index contributed by atoms with van der Waals surface area (Å²) in [7, 11) is 0. The zero-order chi connectivity index (χ0) is 27.3. The van der Waals surface area contributed by atoms with Crippen molar-refractivity contribution in [2.24, 2.45) is 5.41 Å². The number of aliphatic hydroxyl groups is 1. The van der Waals surface area contributed by atoms with Gasteiger partial charge in [0.15, 0.2) is 0 Å². The summed E-state index contributed by atoms with van der Waals surface area (Å²) >= 11 is 0. The van der Waals surface area contributed by atoms with Crippen LogP contribution in [0.5, 0.6) is 0 Å². The van der Waals surface area contributed by atoms with E-state index in [2.05, 4.69) is 125 Å². The predicted molar refractivity (Wildman–Crippen MR) is 161 cm³/mol. The van der Waals surface area contributed by atoms with Crippen molar-refractivity contribution in [3.05, 3.63) is 70.8 Å². The van der Waals surface area contributed by atoms with E-state index in [4.69, 9.17) is 5.11 Å². The molecule has 2 rings (SSSR count). The van der Waals surface area contributed by atoms with Crippen LogP contribution < -0.4 is 0 Å². The molecular weight excluding hydrogens is 424 g/mol. The molecule has 0 heterocycles. The van der Waals surface area contributed by atoms with Crippen LogP contribution in [0.15, 0.2) is 48.5 Å². The Kier molecular flexibility index (Phi) is 20.9. The highest BCUT2D eigenvalue weighted by atomic mass is 16.3. The molecule has 0 fully saturated rings. The van der Waals surface area contributed by atoms with Gasteiger partial charge >= 0.3 is 0 Å². The van der Waals surface area contributed by atoms with Crippen LogP contribution in [0.3, 0.4) is 0 Å². The molecule has 1 N–H and O–H groups in total. The first-order chi connectivity index (χ1) is 16.5. The van der Waals surface area contributed by atoms with Crippen molar-refractivity contribution in [2.45, 2.75) is 133 Å². The molecule has 0 amide bonds. The topological polar surface area (TPSA) is 20.2 Å². The van der Waals surface area contributed by atoms with Gasteiger partial charge in [-0.3, -0.25) is 0 Å². The zero-order valence-corrected chi connectivity index (χ0v) is 25.4. The first-order valence-electron chi connectivity index (χ1n) is 14.3. The first-order valence-corrected chi connectivity index (χ1v) is 14.3. The summed E-state index contributed by atoms with van der Waals surface area (Å²) in [4.78, 5) is 0. The fraction of sp³-hybridized carbons (Fsp3) is 0.647. The largest absolute Gasteiger partial charge is 0.396 e.